The molecule has 0 fully saturated rings. The quantitative estimate of drug-likeness (QED) is 0.713. The number of benzene rings is 1. The number of thioether (sulfide) groups is 1. The molecule has 1 aromatic rings. The predicted octanol–water partition coefficient (Wildman–Crippen LogP) is 2.42. The Bertz CT molecular complexity index is 341. The van der Waals surface area contributed by atoms with E-state index in [0.29, 0.717) is 0 Å². The lowest BCUT2D eigenvalue weighted by molar-refractivity contribution is 0.368. The van der Waals surface area contributed by atoms with Gasteiger partial charge in [-0.2, -0.15) is 0 Å². The second-order valence-electron chi connectivity index (χ2n) is 3.02. The van der Waals surface area contributed by atoms with E-state index < -0.39 is 11.4 Å². The van der Waals surface area contributed by atoms with Crippen molar-refractivity contribution in [2.45, 2.75) is 17.9 Å². The highest BCUT2D eigenvalue weighted by Gasteiger charge is 2.16. The summed E-state index contributed by atoms with van der Waals surface area (Å²) in [5.41, 5.74) is 3.06. The molecule has 15 heavy (non-hydrogen) atoms. The third-order valence-electron chi connectivity index (χ3n) is 2.12. The SMILES string of the molecule is CC1SCc2ccccc21.COS(=O)[O-]. The Morgan fingerprint density at radius 1 is 1.53 bits per heavy atom. The zero-order chi connectivity index (χ0) is 11.3. The largest absolute Gasteiger partial charge is 0.750 e. The molecule has 0 bridgehead atoms. The fourth-order valence-corrected chi connectivity index (χ4v) is 2.47. The second kappa shape index (κ2) is 6.27. The standard InChI is InChI=1S/C9H10S.CH4O3S/c1-7-9-5-3-2-4-8(9)6-10-7;1-4-5(2)3/h2-5,7H,6H2,1H3;1H3,(H,2,3)/p-1. The summed E-state index contributed by atoms with van der Waals surface area (Å²) in [7, 11) is 1.09. The molecule has 2 atom stereocenters. The summed E-state index contributed by atoms with van der Waals surface area (Å²) in [6.45, 7) is 2.27. The van der Waals surface area contributed by atoms with Gasteiger partial charge in [-0.3, -0.25) is 0 Å². The molecule has 2 unspecified atom stereocenters. The Hall–Kier alpha value is -0.360. The van der Waals surface area contributed by atoms with Crippen molar-refractivity contribution in [1.29, 1.82) is 0 Å². The van der Waals surface area contributed by atoms with Crippen molar-refractivity contribution in [2.75, 3.05) is 7.11 Å². The molecule has 0 N–H and O–H groups in total. The van der Waals surface area contributed by atoms with E-state index in [0.717, 1.165) is 12.4 Å². The van der Waals surface area contributed by atoms with Gasteiger partial charge >= 0.3 is 0 Å². The molecule has 0 amide bonds. The molecule has 1 heterocycles. The van der Waals surface area contributed by atoms with Crippen molar-refractivity contribution >= 4 is 23.1 Å². The monoisotopic (exact) mass is 245 g/mol. The zero-order valence-electron chi connectivity index (χ0n) is 8.64. The molecule has 1 aromatic carbocycles. The van der Waals surface area contributed by atoms with E-state index in [2.05, 4.69) is 35.4 Å². The topological polar surface area (TPSA) is 49.4 Å². The fourth-order valence-electron chi connectivity index (χ4n) is 1.37. The summed E-state index contributed by atoms with van der Waals surface area (Å²) < 4.78 is 22.0. The van der Waals surface area contributed by atoms with Crippen LogP contribution >= 0.6 is 11.8 Å². The maximum atomic E-state index is 9.15. The molecule has 0 aliphatic carbocycles. The molecule has 1 aliphatic rings. The molecule has 0 saturated carbocycles. The second-order valence-corrected chi connectivity index (χ2v) is 5.09. The van der Waals surface area contributed by atoms with Crippen molar-refractivity contribution in [3.63, 3.8) is 0 Å². The van der Waals surface area contributed by atoms with Crippen LogP contribution in [0, 0.1) is 0 Å². The maximum absolute atomic E-state index is 9.15. The van der Waals surface area contributed by atoms with Crippen LogP contribution < -0.4 is 0 Å². The third-order valence-corrected chi connectivity index (χ3v) is 3.62. The van der Waals surface area contributed by atoms with E-state index >= 15 is 0 Å². The highest BCUT2D eigenvalue weighted by molar-refractivity contribution is 7.99. The fraction of sp³-hybridized carbons (Fsp3) is 0.400. The Labute approximate surface area is 96.7 Å². The Kier molecular flexibility index (Phi) is 5.31. The molecule has 0 spiro atoms. The molecule has 84 valence electrons. The first-order valence-corrected chi connectivity index (χ1v) is 6.53. The number of hydrogen-bond donors (Lipinski definition) is 0. The normalized spacial score (nSPS) is 20.1. The van der Waals surface area contributed by atoms with Gasteiger partial charge in [0.25, 0.3) is 0 Å². The number of rotatable bonds is 1. The highest BCUT2D eigenvalue weighted by atomic mass is 32.2. The Morgan fingerprint density at radius 2 is 2.13 bits per heavy atom. The smallest absolute Gasteiger partial charge is 0.0839 e. The van der Waals surface area contributed by atoms with Gasteiger partial charge in [0.1, 0.15) is 0 Å². The average Bonchev–Trinajstić information content (AvgIpc) is 2.62. The maximum Gasteiger partial charge on any atom is 0.0839 e. The van der Waals surface area contributed by atoms with E-state index in [1.165, 1.54) is 16.9 Å². The van der Waals surface area contributed by atoms with Crippen molar-refractivity contribution in [3.05, 3.63) is 35.4 Å². The lowest BCUT2D eigenvalue weighted by Crippen LogP contribution is -1.85. The molecule has 2 rings (SSSR count). The summed E-state index contributed by atoms with van der Waals surface area (Å²) in [5.74, 6) is 1.21. The van der Waals surface area contributed by atoms with Gasteiger partial charge in [-0.15, -0.1) is 11.8 Å². The minimum Gasteiger partial charge on any atom is -0.750 e. The lowest BCUT2D eigenvalue weighted by atomic mass is 10.1. The lowest BCUT2D eigenvalue weighted by Gasteiger charge is -2.00. The predicted molar refractivity (Wildman–Crippen MR) is 62.1 cm³/mol. The van der Waals surface area contributed by atoms with Crippen molar-refractivity contribution < 1.29 is 12.9 Å². The first kappa shape index (κ1) is 12.7. The molecule has 0 aromatic heterocycles. The minimum atomic E-state index is -2.32. The van der Waals surface area contributed by atoms with Gasteiger partial charge in [0.05, 0.1) is 18.5 Å². The van der Waals surface area contributed by atoms with E-state index in [1.807, 2.05) is 11.8 Å². The first-order chi connectivity index (χ1) is 7.15. The number of hydrogen-bond acceptors (Lipinski definition) is 4. The molecule has 3 nitrogen and oxygen atoms in total. The summed E-state index contributed by atoms with van der Waals surface area (Å²) in [4.78, 5) is 0. The molecule has 0 saturated heterocycles. The van der Waals surface area contributed by atoms with Gasteiger partial charge in [0, 0.05) is 11.0 Å². The van der Waals surface area contributed by atoms with Crippen LogP contribution in [0.15, 0.2) is 24.3 Å². The first-order valence-electron chi connectivity index (χ1n) is 4.48. The van der Waals surface area contributed by atoms with Gasteiger partial charge < -0.3 is 8.74 Å². The Balaban J connectivity index is 0.000000195. The molecular weight excluding hydrogens is 232 g/mol. The summed E-state index contributed by atoms with van der Waals surface area (Å²) >= 11 is -0.297. The van der Waals surface area contributed by atoms with Crippen molar-refractivity contribution in [1.82, 2.24) is 0 Å². The van der Waals surface area contributed by atoms with E-state index in [4.69, 9.17) is 8.76 Å². The van der Waals surface area contributed by atoms with Crippen LogP contribution in [-0.2, 0) is 21.3 Å². The molecule has 0 radical (unpaired) electrons. The summed E-state index contributed by atoms with van der Waals surface area (Å²) in [6.07, 6.45) is 0. The van der Waals surface area contributed by atoms with Crippen LogP contribution in [0.3, 0.4) is 0 Å². The number of fused-ring (bicyclic) bond motifs is 1. The minimum absolute atomic E-state index is 0.719. The van der Waals surface area contributed by atoms with Gasteiger partial charge in [0.15, 0.2) is 0 Å². The van der Waals surface area contributed by atoms with Crippen LogP contribution in [0.5, 0.6) is 0 Å². The summed E-state index contributed by atoms with van der Waals surface area (Å²) in [5, 5.41) is 0.719. The van der Waals surface area contributed by atoms with Gasteiger partial charge in [0.2, 0.25) is 0 Å². The van der Waals surface area contributed by atoms with Gasteiger partial charge in [-0.05, 0) is 18.1 Å². The van der Waals surface area contributed by atoms with Crippen LogP contribution in [-0.4, -0.2) is 15.9 Å². The third kappa shape index (κ3) is 3.95. The van der Waals surface area contributed by atoms with Crippen LogP contribution in [0.4, 0.5) is 0 Å². The highest BCUT2D eigenvalue weighted by Crippen LogP contribution is 2.40. The van der Waals surface area contributed by atoms with Crippen LogP contribution in [0.25, 0.3) is 0 Å². The summed E-state index contributed by atoms with van der Waals surface area (Å²) in [6, 6.07) is 8.71. The van der Waals surface area contributed by atoms with E-state index in [1.54, 1.807) is 0 Å². The zero-order valence-corrected chi connectivity index (χ0v) is 10.3. The van der Waals surface area contributed by atoms with Gasteiger partial charge in [-0.1, -0.05) is 24.3 Å². The molecule has 5 heteroatoms. The van der Waals surface area contributed by atoms with E-state index in [-0.39, 0.29) is 0 Å². The van der Waals surface area contributed by atoms with Gasteiger partial charge in [-0.25, -0.2) is 4.21 Å². The molecular formula is C10H13O3S2-. The Morgan fingerprint density at radius 3 is 2.67 bits per heavy atom. The van der Waals surface area contributed by atoms with E-state index in [9.17, 15) is 0 Å². The van der Waals surface area contributed by atoms with Crippen molar-refractivity contribution in [3.8, 4) is 0 Å². The average molecular weight is 245 g/mol. The van der Waals surface area contributed by atoms with Crippen LogP contribution in [0.1, 0.15) is 23.3 Å². The van der Waals surface area contributed by atoms with Crippen molar-refractivity contribution in [2.24, 2.45) is 0 Å². The van der Waals surface area contributed by atoms with Crippen LogP contribution in [0.2, 0.25) is 0 Å². The molecule has 1 aliphatic heterocycles.